The lowest BCUT2D eigenvalue weighted by Crippen LogP contribution is -2.45. The van der Waals surface area contributed by atoms with Gasteiger partial charge >= 0.3 is 0 Å². The Morgan fingerprint density at radius 2 is 1.95 bits per heavy atom. The molecule has 108 valence electrons. The highest BCUT2D eigenvalue weighted by Crippen LogP contribution is 2.40. The fourth-order valence-corrected chi connectivity index (χ4v) is 3.68. The number of oxime groups is 1. The van der Waals surface area contributed by atoms with Gasteiger partial charge in [-0.15, -0.1) is 0 Å². The fourth-order valence-electron chi connectivity index (χ4n) is 3.68. The van der Waals surface area contributed by atoms with Gasteiger partial charge in [-0.05, 0) is 44.7 Å². The van der Waals surface area contributed by atoms with Crippen LogP contribution in [0, 0.1) is 6.92 Å². The zero-order valence-electron chi connectivity index (χ0n) is 11.7. The lowest BCUT2D eigenvalue weighted by atomic mass is 9.97. The molecule has 1 aromatic rings. The first-order chi connectivity index (χ1) is 9.60. The third-order valence-corrected chi connectivity index (χ3v) is 4.52. The monoisotopic (exact) mass is 275 g/mol. The maximum atomic E-state index is 9.91. The Bertz CT molecular complexity index is 530. The van der Waals surface area contributed by atoms with Gasteiger partial charge in [-0.25, -0.2) is 0 Å². The summed E-state index contributed by atoms with van der Waals surface area (Å²) in [6.45, 7) is 1.99. The average molecular weight is 275 g/mol. The van der Waals surface area contributed by atoms with Crippen LogP contribution in [0.25, 0.3) is 0 Å². The van der Waals surface area contributed by atoms with Crippen molar-refractivity contribution < 1.29 is 10.3 Å². The number of aliphatic hydroxyl groups is 1. The SMILES string of the molecule is Cc1ccc(N2C3CCC2CC(O)C3)c(/C(N)=N/O)c1. The molecule has 1 aromatic carbocycles. The summed E-state index contributed by atoms with van der Waals surface area (Å²) in [5.41, 5.74) is 8.71. The number of aryl methyl sites for hydroxylation is 1. The highest BCUT2D eigenvalue weighted by atomic mass is 16.4. The second-order valence-electron chi connectivity index (χ2n) is 5.92. The van der Waals surface area contributed by atoms with Crippen molar-refractivity contribution in [3.63, 3.8) is 0 Å². The van der Waals surface area contributed by atoms with Gasteiger partial charge in [0.1, 0.15) is 0 Å². The van der Waals surface area contributed by atoms with Gasteiger partial charge in [0, 0.05) is 23.3 Å². The molecule has 0 saturated carbocycles. The molecule has 4 N–H and O–H groups in total. The van der Waals surface area contributed by atoms with Gasteiger partial charge in [-0.3, -0.25) is 0 Å². The summed E-state index contributed by atoms with van der Waals surface area (Å²) in [7, 11) is 0. The van der Waals surface area contributed by atoms with Crippen LogP contribution in [0.4, 0.5) is 5.69 Å². The number of aliphatic hydroxyl groups excluding tert-OH is 1. The Labute approximate surface area is 118 Å². The van der Waals surface area contributed by atoms with Crippen molar-refractivity contribution in [2.24, 2.45) is 10.9 Å². The van der Waals surface area contributed by atoms with E-state index < -0.39 is 0 Å². The first-order valence-electron chi connectivity index (χ1n) is 7.15. The predicted molar refractivity (Wildman–Crippen MR) is 78.2 cm³/mol. The molecule has 0 aliphatic carbocycles. The van der Waals surface area contributed by atoms with E-state index in [1.807, 2.05) is 25.1 Å². The van der Waals surface area contributed by atoms with E-state index in [2.05, 4.69) is 10.1 Å². The van der Waals surface area contributed by atoms with Gasteiger partial charge < -0.3 is 20.9 Å². The minimum atomic E-state index is -0.193. The molecular formula is C15H21N3O2. The summed E-state index contributed by atoms with van der Waals surface area (Å²) in [6.07, 6.45) is 3.62. The number of benzene rings is 1. The average Bonchev–Trinajstić information content (AvgIpc) is 2.70. The molecule has 2 heterocycles. The number of rotatable bonds is 2. The number of hydrogen-bond acceptors (Lipinski definition) is 4. The molecule has 2 aliphatic rings. The Morgan fingerprint density at radius 3 is 2.55 bits per heavy atom. The summed E-state index contributed by atoms with van der Waals surface area (Å²) >= 11 is 0. The van der Waals surface area contributed by atoms with Crippen LogP contribution < -0.4 is 10.6 Å². The van der Waals surface area contributed by atoms with Gasteiger partial charge in [0.2, 0.25) is 0 Å². The lowest BCUT2D eigenvalue weighted by molar-refractivity contribution is 0.126. The van der Waals surface area contributed by atoms with Crippen molar-refractivity contribution in [1.82, 2.24) is 0 Å². The van der Waals surface area contributed by atoms with Crippen LogP contribution in [0.3, 0.4) is 0 Å². The maximum Gasteiger partial charge on any atom is 0.172 e. The van der Waals surface area contributed by atoms with Crippen molar-refractivity contribution >= 4 is 11.5 Å². The molecule has 2 fully saturated rings. The molecule has 5 heteroatoms. The molecule has 2 saturated heterocycles. The standard InChI is InChI=1S/C15H21N3O2/c1-9-2-5-14(13(6-9)15(16)17-20)18-10-3-4-11(18)8-12(19)7-10/h2,5-6,10-12,19-20H,3-4,7-8H2,1H3,(H2,16,17). The number of anilines is 1. The van der Waals surface area contributed by atoms with Gasteiger partial charge in [0.25, 0.3) is 0 Å². The van der Waals surface area contributed by atoms with E-state index >= 15 is 0 Å². The molecule has 3 rings (SSSR count). The van der Waals surface area contributed by atoms with Crippen LogP contribution in [-0.4, -0.2) is 34.3 Å². The van der Waals surface area contributed by atoms with Crippen LogP contribution in [0.15, 0.2) is 23.4 Å². The van der Waals surface area contributed by atoms with Crippen LogP contribution in [0.1, 0.15) is 36.8 Å². The van der Waals surface area contributed by atoms with Crippen molar-refractivity contribution in [2.75, 3.05) is 4.90 Å². The van der Waals surface area contributed by atoms with Gasteiger partial charge in [-0.1, -0.05) is 16.8 Å². The minimum absolute atomic E-state index is 0.147. The molecule has 20 heavy (non-hydrogen) atoms. The third kappa shape index (κ3) is 2.12. The Hall–Kier alpha value is -1.75. The second kappa shape index (κ2) is 4.98. The Kier molecular flexibility index (Phi) is 3.30. The Morgan fingerprint density at radius 1 is 1.30 bits per heavy atom. The first-order valence-corrected chi connectivity index (χ1v) is 7.15. The van der Waals surface area contributed by atoms with E-state index in [4.69, 9.17) is 10.9 Å². The molecule has 2 atom stereocenters. The van der Waals surface area contributed by atoms with Crippen LogP contribution in [0.2, 0.25) is 0 Å². The molecule has 2 aliphatic heterocycles. The molecule has 0 amide bonds. The predicted octanol–water partition coefficient (Wildman–Crippen LogP) is 1.58. The summed E-state index contributed by atoms with van der Waals surface area (Å²) < 4.78 is 0. The second-order valence-corrected chi connectivity index (χ2v) is 5.92. The number of amidine groups is 1. The molecule has 0 radical (unpaired) electrons. The smallest absolute Gasteiger partial charge is 0.172 e. The van der Waals surface area contributed by atoms with Crippen molar-refractivity contribution in [3.8, 4) is 0 Å². The van der Waals surface area contributed by atoms with E-state index in [-0.39, 0.29) is 11.9 Å². The van der Waals surface area contributed by atoms with Crippen molar-refractivity contribution in [1.29, 1.82) is 0 Å². The zero-order chi connectivity index (χ0) is 14.3. The van der Waals surface area contributed by atoms with Crippen molar-refractivity contribution in [3.05, 3.63) is 29.3 Å². The largest absolute Gasteiger partial charge is 0.409 e. The van der Waals surface area contributed by atoms with Gasteiger partial charge in [-0.2, -0.15) is 0 Å². The zero-order valence-corrected chi connectivity index (χ0v) is 11.7. The molecular weight excluding hydrogens is 254 g/mol. The van der Waals surface area contributed by atoms with Crippen LogP contribution in [-0.2, 0) is 0 Å². The van der Waals surface area contributed by atoms with E-state index in [1.54, 1.807) is 0 Å². The summed E-state index contributed by atoms with van der Waals surface area (Å²) in [5.74, 6) is 0.147. The van der Waals surface area contributed by atoms with Crippen molar-refractivity contribution in [2.45, 2.75) is 50.8 Å². The van der Waals surface area contributed by atoms with E-state index in [0.717, 1.165) is 42.5 Å². The quantitative estimate of drug-likeness (QED) is 0.331. The van der Waals surface area contributed by atoms with Gasteiger partial charge in [0.05, 0.1) is 6.10 Å². The number of nitrogens with zero attached hydrogens (tertiary/aromatic N) is 2. The van der Waals surface area contributed by atoms with Crippen LogP contribution >= 0.6 is 0 Å². The minimum Gasteiger partial charge on any atom is -0.409 e. The lowest BCUT2D eigenvalue weighted by Gasteiger charge is -2.40. The van der Waals surface area contributed by atoms with E-state index in [0.29, 0.717) is 12.1 Å². The molecule has 0 spiro atoms. The van der Waals surface area contributed by atoms with E-state index in [9.17, 15) is 5.11 Å². The number of piperidine rings is 1. The third-order valence-electron chi connectivity index (χ3n) is 4.52. The highest BCUT2D eigenvalue weighted by molar-refractivity contribution is 6.02. The number of fused-ring (bicyclic) bond motifs is 2. The van der Waals surface area contributed by atoms with Crippen LogP contribution in [0.5, 0.6) is 0 Å². The first kappa shape index (κ1) is 13.2. The van der Waals surface area contributed by atoms with Gasteiger partial charge in [0.15, 0.2) is 5.84 Å². The fraction of sp³-hybridized carbons (Fsp3) is 0.533. The molecule has 2 bridgehead atoms. The highest BCUT2D eigenvalue weighted by Gasteiger charge is 2.41. The number of nitrogens with two attached hydrogens (primary N) is 1. The van der Waals surface area contributed by atoms with E-state index in [1.165, 1.54) is 0 Å². The summed E-state index contributed by atoms with van der Waals surface area (Å²) in [4.78, 5) is 2.36. The topological polar surface area (TPSA) is 82.1 Å². The number of hydrogen-bond donors (Lipinski definition) is 3. The summed E-state index contributed by atoms with van der Waals surface area (Å²) in [6, 6.07) is 6.77. The molecule has 5 nitrogen and oxygen atoms in total. The Balaban J connectivity index is 2.03. The summed E-state index contributed by atoms with van der Waals surface area (Å²) in [5, 5.41) is 22.1. The normalized spacial score (nSPS) is 29.8. The molecule has 2 unspecified atom stereocenters. The maximum absolute atomic E-state index is 9.91. The molecule has 0 aromatic heterocycles.